The highest BCUT2D eigenvalue weighted by Gasteiger charge is 2.23. The van der Waals surface area contributed by atoms with Gasteiger partial charge in [-0.1, -0.05) is 6.92 Å². The smallest absolute Gasteiger partial charge is 0.263 e. The first kappa shape index (κ1) is 15.8. The van der Waals surface area contributed by atoms with Gasteiger partial charge in [-0.15, -0.1) is 11.3 Å². The van der Waals surface area contributed by atoms with E-state index in [1.165, 1.54) is 29.0 Å². The predicted molar refractivity (Wildman–Crippen MR) is 96.5 cm³/mol. The molecule has 0 saturated carbocycles. The van der Waals surface area contributed by atoms with E-state index < -0.39 is 0 Å². The minimum atomic E-state index is -0.114. The lowest BCUT2D eigenvalue weighted by Gasteiger charge is -2.20. The van der Waals surface area contributed by atoms with Crippen LogP contribution in [0.4, 0.5) is 5.69 Å². The largest absolute Gasteiger partial charge is 0.397 e. The molecule has 1 aliphatic carbocycles. The topological polar surface area (TPSA) is 77.2 Å². The van der Waals surface area contributed by atoms with Gasteiger partial charge in [-0.2, -0.15) is 0 Å². The second kappa shape index (κ2) is 6.33. The summed E-state index contributed by atoms with van der Waals surface area (Å²) in [5, 5.41) is 3.88. The Labute approximate surface area is 145 Å². The van der Waals surface area contributed by atoms with Gasteiger partial charge in [0.1, 0.15) is 9.71 Å². The highest BCUT2D eigenvalue weighted by Crippen LogP contribution is 2.36. The fourth-order valence-corrected chi connectivity index (χ4v) is 4.65. The molecule has 1 aliphatic heterocycles. The summed E-state index contributed by atoms with van der Waals surface area (Å²) in [5.74, 6) is 0.572. The summed E-state index contributed by atoms with van der Waals surface area (Å²) in [6, 6.07) is 2.15. The van der Waals surface area contributed by atoms with Crippen LogP contribution in [0.25, 0.3) is 10.2 Å². The van der Waals surface area contributed by atoms with Crippen LogP contribution in [-0.4, -0.2) is 30.1 Å². The standard InChI is InChI=1S/C18H23N3O2S/c1-10-4-5-14-11(7-10)8-13-15(19)16(24-18(13)21-14)17(22)20-9-12-3-2-6-23-12/h8,10,12H,2-7,9,19H2,1H3,(H,20,22). The third kappa shape index (κ3) is 2.89. The summed E-state index contributed by atoms with van der Waals surface area (Å²) in [7, 11) is 0. The van der Waals surface area contributed by atoms with Crippen molar-refractivity contribution in [2.45, 2.75) is 45.1 Å². The number of nitrogens with zero attached hydrogens (tertiary/aromatic N) is 1. The van der Waals surface area contributed by atoms with Gasteiger partial charge in [0.15, 0.2) is 0 Å². The minimum absolute atomic E-state index is 0.114. The normalized spacial score (nSPS) is 23.4. The molecular weight excluding hydrogens is 322 g/mol. The van der Waals surface area contributed by atoms with Crippen LogP contribution >= 0.6 is 11.3 Å². The van der Waals surface area contributed by atoms with Crippen molar-refractivity contribution in [2.24, 2.45) is 5.92 Å². The van der Waals surface area contributed by atoms with E-state index >= 15 is 0 Å². The lowest BCUT2D eigenvalue weighted by atomic mass is 9.87. The number of ether oxygens (including phenoxy) is 1. The number of aryl methyl sites for hydroxylation is 1. The van der Waals surface area contributed by atoms with Crippen LogP contribution in [-0.2, 0) is 17.6 Å². The van der Waals surface area contributed by atoms with Gasteiger partial charge in [0.2, 0.25) is 0 Å². The Morgan fingerprint density at radius 3 is 3.17 bits per heavy atom. The first-order chi connectivity index (χ1) is 11.6. The number of fused-ring (bicyclic) bond motifs is 2. The summed E-state index contributed by atoms with van der Waals surface area (Å²) in [5.41, 5.74) is 9.30. The number of carbonyl (C=O) groups is 1. The number of hydrogen-bond donors (Lipinski definition) is 2. The van der Waals surface area contributed by atoms with E-state index in [9.17, 15) is 4.79 Å². The maximum Gasteiger partial charge on any atom is 0.263 e. The number of nitrogens with two attached hydrogens (primary N) is 1. The molecule has 3 N–H and O–H groups in total. The molecule has 2 aromatic rings. The third-order valence-corrected chi connectivity index (χ3v) is 6.17. The molecule has 2 unspecified atom stereocenters. The molecule has 2 aliphatic rings. The molecular formula is C18H23N3O2S. The summed E-state index contributed by atoms with van der Waals surface area (Å²) in [4.78, 5) is 18.7. The number of amides is 1. The first-order valence-corrected chi connectivity index (χ1v) is 9.54. The van der Waals surface area contributed by atoms with Gasteiger partial charge in [-0.3, -0.25) is 4.79 Å². The molecule has 1 fully saturated rings. The molecule has 0 aromatic carbocycles. The molecule has 4 rings (SSSR count). The first-order valence-electron chi connectivity index (χ1n) is 8.72. The van der Waals surface area contributed by atoms with Crippen LogP contribution in [0.3, 0.4) is 0 Å². The molecule has 1 amide bonds. The number of rotatable bonds is 3. The number of nitrogen functional groups attached to an aromatic ring is 1. The Kier molecular flexibility index (Phi) is 4.18. The number of pyridine rings is 1. The van der Waals surface area contributed by atoms with Gasteiger partial charge in [0, 0.05) is 24.2 Å². The molecule has 128 valence electrons. The van der Waals surface area contributed by atoms with E-state index in [-0.39, 0.29) is 12.0 Å². The lowest BCUT2D eigenvalue weighted by molar-refractivity contribution is 0.0862. The van der Waals surface area contributed by atoms with E-state index in [1.807, 2.05) is 0 Å². The molecule has 3 heterocycles. The predicted octanol–water partition coefficient (Wildman–Crippen LogP) is 2.91. The zero-order chi connectivity index (χ0) is 16.7. The van der Waals surface area contributed by atoms with Crippen LogP contribution in [0.15, 0.2) is 6.07 Å². The second-order valence-corrected chi connectivity index (χ2v) is 7.98. The zero-order valence-electron chi connectivity index (χ0n) is 13.9. The Bertz CT molecular complexity index is 780. The molecule has 0 spiro atoms. The SMILES string of the molecule is CC1CCc2nc3sc(C(=O)NCC4CCCO4)c(N)c3cc2C1. The molecule has 6 heteroatoms. The highest BCUT2D eigenvalue weighted by atomic mass is 32.1. The fraction of sp³-hybridized carbons (Fsp3) is 0.556. The van der Waals surface area contributed by atoms with Crippen molar-refractivity contribution < 1.29 is 9.53 Å². The lowest BCUT2D eigenvalue weighted by Crippen LogP contribution is -2.31. The van der Waals surface area contributed by atoms with Crippen molar-refractivity contribution >= 4 is 33.1 Å². The maximum atomic E-state index is 12.5. The van der Waals surface area contributed by atoms with Gasteiger partial charge in [-0.25, -0.2) is 4.98 Å². The fourth-order valence-electron chi connectivity index (χ4n) is 3.63. The summed E-state index contributed by atoms with van der Waals surface area (Å²) >= 11 is 1.40. The van der Waals surface area contributed by atoms with Crippen LogP contribution < -0.4 is 11.1 Å². The van der Waals surface area contributed by atoms with Crippen molar-refractivity contribution in [3.8, 4) is 0 Å². The summed E-state index contributed by atoms with van der Waals surface area (Å²) < 4.78 is 5.55. The molecule has 0 bridgehead atoms. The monoisotopic (exact) mass is 345 g/mol. The number of nitrogens with one attached hydrogen (secondary N) is 1. The van der Waals surface area contributed by atoms with E-state index in [0.717, 1.165) is 42.5 Å². The number of hydrogen-bond acceptors (Lipinski definition) is 5. The molecule has 0 radical (unpaired) electrons. The molecule has 2 aromatic heterocycles. The van der Waals surface area contributed by atoms with E-state index in [4.69, 9.17) is 15.5 Å². The molecule has 5 nitrogen and oxygen atoms in total. The van der Waals surface area contributed by atoms with E-state index in [1.54, 1.807) is 0 Å². The maximum absolute atomic E-state index is 12.5. The van der Waals surface area contributed by atoms with Crippen molar-refractivity contribution in [2.75, 3.05) is 18.9 Å². The number of anilines is 1. The average Bonchev–Trinajstić information content (AvgIpc) is 3.19. The Morgan fingerprint density at radius 2 is 2.38 bits per heavy atom. The van der Waals surface area contributed by atoms with E-state index in [0.29, 0.717) is 23.0 Å². The van der Waals surface area contributed by atoms with Crippen molar-refractivity contribution in [3.05, 3.63) is 22.2 Å². The van der Waals surface area contributed by atoms with Crippen molar-refractivity contribution in [1.29, 1.82) is 0 Å². The Hall–Kier alpha value is -1.66. The van der Waals surface area contributed by atoms with Gasteiger partial charge in [-0.05, 0) is 49.7 Å². The van der Waals surface area contributed by atoms with Gasteiger partial charge < -0.3 is 15.8 Å². The Morgan fingerprint density at radius 1 is 1.50 bits per heavy atom. The summed E-state index contributed by atoms with van der Waals surface area (Å²) in [6.07, 6.45) is 5.46. The quantitative estimate of drug-likeness (QED) is 0.897. The summed E-state index contributed by atoms with van der Waals surface area (Å²) in [6.45, 7) is 3.61. The third-order valence-electron chi connectivity index (χ3n) is 5.05. The van der Waals surface area contributed by atoms with Crippen LogP contribution in [0.2, 0.25) is 0 Å². The number of thiophene rings is 1. The molecule has 24 heavy (non-hydrogen) atoms. The zero-order valence-corrected chi connectivity index (χ0v) is 14.7. The van der Waals surface area contributed by atoms with Gasteiger partial charge in [0.05, 0.1) is 11.8 Å². The number of carbonyl (C=O) groups excluding carboxylic acids is 1. The Balaban J connectivity index is 1.59. The van der Waals surface area contributed by atoms with Gasteiger partial charge >= 0.3 is 0 Å². The molecule has 2 atom stereocenters. The van der Waals surface area contributed by atoms with Crippen molar-refractivity contribution in [1.82, 2.24) is 10.3 Å². The van der Waals surface area contributed by atoms with Gasteiger partial charge in [0.25, 0.3) is 5.91 Å². The minimum Gasteiger partial charge on any atom is -0.397 e. The van der Waals surface area contributed by atoms with Crippen LogP contribution in [0.5, 0.6) is 0 Å². The van der Waals surface area contributed by atoms with E-state index in [2.05, 4.69) is 18.3 Å². The number of aromatic nitrogens is 1. The van der Waals surface area contributed by atoms with Crippen LogP contribution in [0, 0.1) is 5.92 Å². The average molecular weight is 345 g/mol. The molecule has 1 saturated heterocycles. The van der Waals surface area contributed by atoms with Crippen LogP contribution in [0.1, 0.15) is 47.1 Å². The highest BCUT2D eigenvalue weighted by molar-refractivity contribution is 7.21. The van der Waals surface area contributed by atoms with Crippen molar-refractivity contribution in [3.63, 3.8) is 0 Å². The second-order valence-electron chi connectivity index (χ2n) is 6.98.